The first-order valence-electron chi connectivity index (χ1n) is 11.2. The highest BCUT2D eigenvalue weighted by atomic mass is 16.5. The summed E-state index contributed by atoms with van der Waals surface area (Å²) < 4.78 is 7.49. The van der Waals surface area contributed by atoms with Gasteiger partial charge in [0, 0.05) is 31.4 Å². The number of nitrogens with one attached hydrogen (secondary N) is 1. The fraction of sp³-hybridized carbons (Fsp3) is 0.269. The Kier molecular flexibility index (Phi) is 5.69. The maximum absolute atomic E-state index is 12.9. The summed E-state index contributed by atoms with van der Waals surface area (Å²) >= 11 is 0. The third-order valence-corrected chi connectivity index (χ3v) is 6.18. The van der Waals surface area contributed by atoms with Crippen molar-refractivity contribution in [2.24, 2.45) is 0 Å². The number of likely N-dealkylation sites (tertiary alicyclic amines) is 1. The van der Waals surface area contributed by atoms with E-state index in [4.69, 9.17) is 9.72 Å². The van der Waals surface area contributed by atoms with Crippen molar-refractivity contribution >= 4 is 17.2 Å². The van der Waals surface area contributed by atoms with Crippen LogP contribution in [0.25, 0.3) is 22.6 Å². The maximum Gasteiger partial charge on any atom is 0.317 e. The average Bonchev–Trinajstić information content (AvgIpc) is 3.48. The van der Waals surface area contributed by atoms with E-state index in [1.165, 1.54) is 5.56 Å². The first-order valence-corrected chi connectivity index (χ1v) is 11.2. The number of aryl methyl sites for hydroxylation is 1. The van der Waals surface area contributed by atoms with Crippen molar-refractivity contribution in [3.63, 3.8) is 0 Å². The number of methoxy groups -OCH3 is 1. The van der Waals surface area contributed by atoms with Crippen molar-refractivity contribution in [1.29, 1.82) is 0 Å². The SMILES string of the molecule is COc1ccc(-c2nc3cccnc3n2C2CCN(C(=O)NCc3ccc(C)cc3)C2)cc1. The van der Waals surface area contributed by atoms with Crippen LogP contribution in [0.1, 0.15) is 23.6 Å². The first kappa shape index (κ1) is 21.0. The molecule has 1 unspecified atom stereocenters. The van der Waals surface area contributed by atoms with Crippen molar-refractivity contribution in [2.45, 2.75) is 25.9 Å². The van der Waals surface area contributed by atoms with Gasteiger partial charge in [-0.3, -0.25) is 0 Å². The molecule has 1 saturated heterocycles. The second-order valence-corrected chi connectivity index (χ2v) is 8.41. The highest BCUT2D eigenvalue weighted by Crippen LogP contribution is 2.32. The van der Waals surface area contributed by atoms with Crippen LogP contribution < -0.4 is 10.1 Å². The molecule has 4 aromatic rings. The topological polar surface area (TPSA) is 72.3 Å². The molecule has 1 atom stereocenters. The van der Waals surface area contributed by atoms with E-state index in [0.717, 1.165) is 40.3 Å². The van der Waals surface area contributed by atoms with Crippen LogP contribution in [0.4, 0.5) is 4.79 Å². The Morgan fingerprint density at radius 3 is 2.67 bits per heavy atom. The lowest BCUT2D eigenvalue weighted by atomic mass is 10.1. The van der Waals surface area contributed by atoms with E-state index < -0.39 is 0 Å². The molecule has 0 spiro atoms. The molecule has 0 aliphatic carbocycles. The van der Waals surface area contributed by atoms with Gasteiger partial charge in [0.2, 0.25) is 0 Å². The van der Waals surface area contributed by atoms with E-state index in [0.29, 0.717) is 19.6 Å². The van der Waals surface area contributed by atoms with Crippen molar-refractivity contribution in [3.8, 4) is 17.1 Å². The number of hydrogen-bond donors (Lipinski definition) is 1. The number of rotatable bonds is 5. The van der Waals surface area contributed by atoms with Crippen molar-refractivity contribution < 1.29 is 9.53 Å². The molecule has 2 aromatic carbocycles. The second kappa shape index (κ2) is 8.94. The monoisotopic (exact) mass is 441 g/mol. The number of ether oxygens (including phenoxy) is 1. The normalized spacial score (nSPS) is 15.7. The number of imidazole rings is 1. The Labute approximate surface area is 193 Å². The van der Waals surface area contributed by atoms with Gasteiger partial charge in [-0.1, -0.05) is 29.8 Å². The van der Waals surface area contributed by atoms with Gasteiger partial charge in [0.05, 0.1) is 13.2 Å². The Balaban J connectivity index is 1.36. The molecular weight excluding hydrogens is 414 g/mol. The first-order chi connectivity index (χ1) is 16.1. The molecule has 168 valence electrons. The smallest absolute Gasteiger partial charge is 0.317 e. The number of amides is 2. The quantitative estimate of drug-likeness (QED) is 0.492. The summed E-state index contributed by atoms with van der Waals surface area (Å²) in [6.45, 7) is 3.89. The fourth-order valence-electron chi connectivity index (χ4n) is 4.35. The molecule has 7 heteroatoms. The van der Waals surface area contributed by atoms with Crippen LogP contribution in [0.2, 0.25) is 0 Å². The van der Waals surface area contributed by atoms with Gasteiger partial charge in [0.25, 0.3) is 0 Å². The number of aromatic nitrogens is 3. The maximum atomic E-state index is 12.9. The van der Waals surface area contributed by atoms with E-state index in [-0.39, 0.29) is 12.1 Å². The zero-order chi connectivity index (χ0) is 22.8. The van der Waals surface area contributed by atoms with Gasteiger partial charge in [0.1, 0.15) is 17.1 Å². The predicted octanol–water partition coefficient (Wildman–Crippen LogP) is 4.57. The molecule has 0 radical (unpaired) electrons. The van der Waals surface area contributed by atoms with Crippen LogP contribution in [-0.4, -0.2) is 45.7 Å². The molecule has 0 bridgehead atoms. The van der Waals surface area contributed by atoms with E-state index in [1.807, 2.05) is 53.4 Å². The molecular formula is C26H27N5O2. The van der Waals surface area contributed by atoms with Gasteiger partial charge in [-0.2, -0.15) is 0 Å². The fourth-order valence-corrected chi connectivity index (χ4v) is 4.35. The Morgan fingerprint density at radius 1 is 1.12 bits per heavy atom. The third-order valence-electron chi connectivity index (χ3n) is 6.18. The highest BCUT2D eigenvalue weighted by Gasteiger charge is 2.30. The van der Waals surface area contributed by atoms with Gasteiger partial charge in [-0.25, -0.2) is 14.8 Å². The van der Waals surface area contributed by atoms with E-state index in [2.05, 4.69) is 33.9 Å². The molecule has 1 N–H and O–H groups in total. The summed E-state index contributed by atoms with van der Waals surface area (Å²) in [6.07, 6.45) is 2.64. The van der Waals surface area contributed by atoms with Crippen LogP contribution in [-0.2, 0) is 6.54 Å². The number of nitrogens with zero attached hydrogens (tertiary/aromatic N) is 4. The molecule has 1 aliphatic heterocycles. The number of fused-ring (bicyclic) bond motifs is 1. The number of urea groups is 1. The third kappa shape index (κ3) is 4.26. The van der Waals surface area contributed by atoms with Crippen molar-refractivity contribution in [3.05, 3.63) is 78.0 Å². The summed E-state index contributed by atoms with van der Waals surface area (Å²) in [7, 11) is 1.66. The Morgan fingerprint density at radius 2 is 1.91 bits per heavy atom. The predicted molar refractivity (Wildman–Crippen MR) is 128 cm³/mol. The molecule has 1 aliphatic rings. The van der Waals surface area contributed by atoms with E-state index in [1.54, 1.807) is 13.3 Å². The minimum Gasteiger partial charge on any atom is -0.497 e. The number of hydrogen-bond acceptors (Lipinski definition) is 4. The molecule has 3 heterocycles. The van der Waals surface area contributed by atoms with Crippen LogP contribution in [0.15, 0.2) is 66.9 Å². The largest absolute Gasteiger partial charge is 0.497 e. The molecule has 33 heavy (non-hydrogen) atoms. The van der Waals surface area contributed by atoms with Crippen LogP contribution in [0, 0.1) is 6.92 Å². The van der Waals surface area contributed by atoms with Gasteiger partial charge < -0.3 is 19.5 Å². The summed E-state index contributed by atoms with van der Waals surface area (Å²) in [6, 6.07) is 20.1. The van der Waals surface area contributed by atoms with E-state index in [9.17, 15) is 4.79 Å². The number of carbonyl (C=O) groups excluding carboxylic acids is 1. The zero-order valence-corrected chi connectivity index (χ0v) is 18.9. The number of pyridine rings is 1. The Hall–Kier alpha value is -3.87. The van der Waals surface area contributed by atoms with Crippen LogP contribution in [0.5, 0.6) is 5.75 Å². The standard InChI is InChI=1S/C26H27N5O2/c1-18-5-7-19(8-6-18)16-28-26(32)30-15-13-21(17-30)31-24(20-9-11-22(33-2)12-10-20)29-23-4-3-14-27-25(23)31/h3-12,14,21H,13,15-17H2,1-2H3,(H,28,32). The molecule has 7 nitrogen and oxygen atoms in total. The molecule has 5 rings (SSSR count). The minimum absolute atomic E-state index is 0.0403. The van der Waals surface area contributed by atoms with Crippen LogP contribution in [0.3, 0.4) is 0 Å². The summed E-state index contributed by atoms with van der Waals surface area (Å²) in [4.78, 5) is 24.2. The van der Waals surface area contributed by atoms with E-state index >= 15 is 0 Å². The summed E-state index contributed by atoms with van der Waals surface area (Å²) in [5.41, 5.74) is 4.99. The van der Waals surface area contributed by atoms with Crippen molar-refractivity contribution in [1.82, 2.24) is 24.8 Å². The Bertz CT molecular complexity index is 1260. The second-order valence-electron chi connectivity index (χ2n) is 8.41. The lowest BCUT2D eigenvalue weighted by Crippen LogP contribution is -2.38. The van der Waals surface area contributed by atoms with Gasteiger partial charge in [-0.05, 0) is 55.3 Å². The lowest BCUT2D eigenvalue weighted by molar-refractivity contribution is 0.207. The summed E-state index contributed by atoms with van der Waals surface area (Å²) in [5.74, 6) is 1.66. The lowest BCUT2D eigenvalue weighted by Gasteiger charge is -2.19. The number of benzene rings is 2. The summed E-state index contributed by atoms with van der Waals surface area (Å²) in [5, 5.41) is 3.05. The molecule has 0 saturated carbocycles. The minimum atomic E-state index is -0.0403. The van der Waals surface area contributed by atoms with Crippen molar-refractivity contribution in [2.75, 3.05) is 20.2 Å². The van der Waals surface area contributed by atoms with Crippen LogP contribution >= 0.6 is 0 Å². The number of carbonyl (C=O) groups is 1. The molecule has 2 amide bonds. The molecule has 2 aromatic heterocycles. The van der Waals surface area contributed by atoms with Gasteiger partial charge in [-0.15, -0.1) is 0 Å². The average molecular weight is 442 g/mol. The molecule has 1 fully saturated rings. The zero-order valence-electron chi connectivity index (χ0n) is 18.9. The van der Waals surface area contributed by atoms with Gasteiger partial charge >= 0.3 is 6.03 Å². The van der Waals surface area contributed by atoms with Gasteiger partial charge in [0.15, 0.2) is 5.65 Å². The highest BCUT2D eigenvalue weighted by molar-refractivity contribution is 5.78.